The van der Waals surface area contributed by atoms with Gasteiger partial charge in [-0.15, -0.1) is 0 Å². The van der Waals surface area contributed by atoms with Gasteiger partial charge in [0.1, 0.15) is 0 Å². The molecule has 0 saturated heterocycles. The number of nitrogens with one attached hydrogen (secondary N) is 1. The molecule has 2 rings (SSSR count). The third-order valence-corrected chi connectivity index (χ3v) is 4.75. The summed E-state index contributed by atoms with van der Waals surface area (Å²) in [6.07, 6.45) is 0. The summed E-state index contributed by atoms with van der Waals surface area (Å²) in [4.78, 5) is 2.17. The summed E-state index contributed by atoms with van der Waals surface area (Å²) in [6, 6.07) is 13.8. The number of rotatable bonds is 4. The third-order valence-electron chi connectivity index (χ3n) is 2.89. The molecule has 2 aromatic carbocycles. The van der Waals surface area contributed by atoms with E-state index >= 15 is 0 Å². The molecule has 0 bridgehead atoms. The van der Waals surface area contributed by atoms with Crippen molar-refractivity contribution in [3.05, 3.63) is 58.1 Å². The summed E-state index contributed by atoms with van der Waals surface area (Å²) >= 11 is 14.0. The Kier molecular flexibility index (Phi) is 5.61. The van der Waals surface area contributed by atoms with Crippen molar-refractivity contribution in [2.75, 3.05) is 0 Å². The van der Waals surface area contributed by atoms with Gasteiger partial charge in [-0.05, 0) is 50.6 Å². The molecule has 112 valence electrons. The lowest BCUT2D eigenvalue weighted by Crippen LogP contribution is -2.35. The van der Waals surface area contributed by atoms with Crippen LogP contribution in [0.1, 0.15) is 26.3 Å². The van der Waals surface area contributed by atoms with E-state index in [1.54, 1.807) is 11.8 Å². The van der Waals surface area contributed by atoms with Crippen LogP contribution in [-0.4, -0.2) is 5.54 Å². The molecule has 0 aliphatic carbocycles. The van der Waals surface area contributed by atoms with Gasteiger partial charge < -0.3 is 5.32 Å². The fraction of sp³-hybridized carbons (Fsp3) is 0.294. The molecule has 0 unspecified atom stereocenters. The maximum absolute atomic E-state index is 6.25. The van der Waals surface area contributed by atoms with Gasteiger partial charge in [-0.1, -0.05) is 53.2 Å². The van der Waals surface area contributed by atoms with E-state index in [9.17, 15) is 0 Å². The normalized spacial score (nSPS) is 11.7. The van der Waals surface area contributed by atoms with Crippen molar-refractivity contribution in [1.82, 2.24) is 5.32 Å². The fourth-order valence-corrected chi connectivity index (χ4v) is 3.27. The van der Waals surface area contributed by atoms with Crippen molar-refractivity contribution in [2.45, 2.75) is 42.6 Å². The molecular formula is C17H19Cl2NS. The third kappa shape index (κ3) is 5.23. The van der Waals surface area contributed by atoms with E-state index in [-0.39, 0.29) is 5.54 Å². The van der Waals surface area contributed by atoms with Gasteiger partial charge in [-0.2, -0.15) is 0 Å². The van der Waals surface area contributed by atoms with Crippen LogP contribution in [0.4, 0.5) is 0 Å². The second-order valence-corrected chi connectivity index (χ2v) is 7.82. The second kappa shape index (κ2) is 7.06. The van der Waals surface area contributed by atoms with Gasteiger partial charge in [-0.25, -0.2) is 0 Å². The molecule has 0 aliphatic rings. The van der Waals surface area contributed by atoms with Gasteiger partial charge in [0, 0.05) is 26.9 Å². The predicted octanol–water partition coefficient (Wildman–Crippen LogP) is 6.03. The first-order chi connectivity index (χ1) is 9.85. The lowest BCUT2D eigenvalue weighted by atomic mass is 10.1. The SMILES string of the molecule is CC(C)(C)NCc1ccc(Cl)cc1Sc1ccccc1Cl. The first-order valence-corrected chi connectivity index (χ1v) is 8.38. The molecule has 0 aliphatic heterocycles. The molecule has 0 spiro atoms. The average molecular weight is 340 g/mol. The van der Waals surface area contributed by atoms with Gasteiger partial charge >= 0.3 is 0 Å². The first kappa shape index (κ1) is 16.7. The summed E-state index contributed by atoms with van der Waals surface area (Å²) in [5.74, 6) is 0. The van der Waals surface area contributed by atoms with Gasteiger partial charge in [0.15, 0.2) is 0 Å². The standard InChI is InChI=1S/C17H19Cl2NS/c1-17(2,3)20-11-12-8-9-13(18)10-16(12)21-15-7-5-4-6-14(15)19/h4-10,20H,11H2,1-3H3. The molecule has 0 aromatic heterocycles. The highest BCUT2D eigenvalue weighted by atomic mass is 35.5. The number of hydrogen-bond donors (Lipinski definition) is 1. The zero-order valence-electron chi connectivity index (χ0n) is 12.4. The molecule has 2 aromatic rings. The van der Waals surface area contributed by atoms with Crippen LogP contribution in [0.5, 0.6) is 0 Å². The Labute approximate surface area is 141 Å². The van der Waals surface area contributed by atoms with Crippen molar-refractivity contribution in [1.29, 1.82) is 0 Å². The molecule has 4 heteroatoms. The van der Waals surface area contributed by atoms with Crippen LogP contribution in [0.3, 0.4) is 0 Å². The Morgan fingerprint density at radius 3 is 2.38 bits per heavy atom. The number of hydrogen-bond acceptors (Lipinski definition) is 2. The van der Waals surface area contributed by atoms with E-state index in [4.69, 9.17) is 23.2 Å². The Morgan fingerprint density at radius 1 is 1.00 bits per heavy atom. The van der Waals surface area contributed by atoms with E-state index in [0.29, 0.717) is 0 Å². The Hall–Kier alpha value is -0.670. The molecule has 0 saturated carbocycles. The second-order valence-electron chi connectivity index (χ2n) is 5.89. The maximum atomic E-state index is 6.25. The summed E-state index contributed by atoms with van der Waals surface area (Å²) in [5.41, 5.74) is 1.30. The van der Waals surface area contributed by atoms with Crippen molar-refractivity contribution < 1.29 is 0 Å². The van der Waals surface area contributed by atoms with Gasteiger partial charge in [0.2, 0.25) is 0 Å². The number of halogens is 2. The molecule has 21 heavy (non-hydrogen) atoms. The van der Waals surface area contributed by atoms with Crippen LogP contribution >= 0.6 is 35.0 Å². The lowest BCUT2D eigenvalue weighted by Gasteiger charge is -2.21. The molecule has 0 fully saturated rings. The maximum Gasteiger partial charge on any atom is 0.0545 e. The summed E-state index contributed by atoms with van der Waals surface area (Å²) in [6.45, 7) is 7.27. The Bertz CT molecular complexity index is 620. The minimum Gasteiger partial charge on any atom is -0.308 e. The van der Waals surface area contributed by atoms with Crippen LogP contribution in [0, 0.1) is 0 Å². The van der Waals surface area contributed by atoms with Gasteiger partial charge in [-0.3, -0.25) is 0 Å². The molecule has 0 radical (unpaired) electrons. The van der Waals surface area contributed by atoms with E-state index < -0.39 is 0 Å². The first-order valence-electron chi connectivity index (χ1n) is 6.81. The van der Waals surface area contributed by atoms with Crippen molar-refractivity contribution in [3.8, 4) is 0 Å². The Morgan fingerprint density at radius 2 is 1.71 bits per heavy atom. The number of benzene rings is 2. The van der Waals surface area contributed by atoms with Crippen LogP contribution in [0.15, 0.2) is 52.3 Å². The zero-order valence-corrected chi connectivity index (χ0v) is 14.7. The molecule has 1 N–H and O–H groups in total. The largest absolute Gasteiger partial charge is 0.308 e. The summed E-state index contributed by atoms with van der Waals surface area (Å²) < 4.78 is 0. The summed E-state index contributed by atoms with van der Waals surface area (Å²) in [5, 5.41) is 5.01. The molecule has 1 nitrogen and oxygen atoms in total. The van der Waals surface area contributed by atoms with Gasteiger partial charge in [0.25, 0.3) is 0 Å². The topological polar surface area (TPSA) is 12.0 Å². The van der Waals surface area contributed by atoms with Crippen LogP contribution in [0.2, 0.25) is 10.0 Å². The van der Waals surface area contributed by atoms with E-state index in [0.717, 1.165) is 26.4 Å². The van der Waals surface area contributed by atoms with E-state index in [1.165, 1.54) is 5.56 Å². The molecular weight excluding hydrogens is 321 g/mol. The van der Waals surface area contributed by atoms with E-state index in [2.05, 4.69) is 32.2 Å². The van der Waals surface area contributed by atoms with Gasteiger partial charge in [0.05, 0.1) is 5.02 Å². The Balaban J connectivity index is 2.25. The fourth-order valence-electron chi connectivity index (χ4n) is 1.78. The molecule has 0 atom stereocenters. The molecule has 0 heterocycles. The highest BCUT2D eigenvalue weighted by Gasteiger charge is 2.12. The van der Waals surface area contributed by atoms with Crippen LogP contribution in [-0.2, 0) is 6.54 Å². The smallest absolute Gasteiger partial charge is 0.0545 e. The van der Waals surface area contributed by atoms with Crippen LogP contribution in [0.25, 0.3) is 0 Å². The zero-order chi connectivity index (χ0) is 15.5. The monoisotopic (exact) mass is 339 g/mol. The minimum absolute atomic E-state index is 0.0754. The quantitative estimate of drug-likeness (QED) is 0.729. The average Bonchev–Trinajstić information content (AvgIpc) is 2.39. The van der Waals surface area contributed by atoms with Crippen molar-refractivity contribution >= 4 is 35.0 Å². The lowest BCUT2D eigenvalue weighted by molar-refractivity contribution is 0.422. The van der Waals surface area contributed by atoms with Crippen LogP contribution < -0.4 is 5.32 Å². The molecule has 0 amide bonds. The highest BCUT2D eigenvalue weighted by Crippen LogP contribution is 2.36. The summed E-state index contributed by atoms with van der Waals surface area (Å²) in [7, 11) is 0. The van der Waals surface area contributed by atoms with Crippen molar-refractivity contribution in [3.63, 3.8) is 0 Å². The van der Waals surface area contributed by atoms with E-state index in [1.807, 2.05) is 36.4 Å². The van der Waals surface area contributed by atoms with Crippen molar-refractivity contribution in [2.24, 2.45) is 0 Å². The predicted molar refractivity (Wildman–Crippen MR) is 93.6 cm³/mol. The highest BCUT2D eigenvalue weighted by molar-refractivity contribution is 7.99. The minimum atomic E-state index is 0.0754.